The average Bonchev–Trinajstić information content (AvgIpc) is 2.76. The van der Waals surface area contributed by atoms with Crippen LogP contribution in [0.4, 0.5) is 0 Å². The molecule has 3 rings (SSSR count). The van der Waals surface area contributed by atoms with E-state index in [9.17, 15) is 9.59 Å². The Morgan fingerprint density at radius 1 is 0.724 bits per heavy atom. The van der Waals surface area contributed by atoms with E-state index >= 15 is 0 Å². The molecule has 0 radical (unpaired) electrons. The molecule has 2 N–H and O–H groups in total. The number of hydrogen-bond acceptors (Lipinski definition) is 2. The Kier molecular flexibility index (Phi) is 7.17. The summed E-state index contributed by atoms with van der Waals surface area (Å²) in [4.78, 5) is 24.6. The van der Waals surface area contributed by atoms with Gasteiger partial charge in [-0.1, -0.05) is 54.6 Å². The Balaban J connectivity index is 1.45. The number of nitrogens with one attached hydrogen (secondary N) is 2. The van der Waals surface area contributed by atoms with Crippen molar-refractivity contribution < 1.29 is 9.59 Å². The summed E-state index contributed by atoms with van der Waals surface area (Å²) in [6, 6.07) is 24.9. The van der Waals surface area contributed by atoms with Crippen molar-refractivity contribution in [1.29, 1.82) is 0 Å². The van der Waals surface area contributed by atoms with Gasteiger partial charge in [0.1, 0.15) is 0 Å². The van der Waals surface area contributed by atoms with Gasteiger partial charge in [0.25, 0.3) is 11.8 Å². The molecule has 148 valence electrons. The summed E-state index contributed by atoms with van der Waals surface area (Å²) in [5.41, 5.74) is 4.60. The lowest BCUT2D eigenvalue weighted by Crippen LogP contribution is -2.25. The lowest BCUT2D eigenvalue weighted by atomic mass is 10.1. The molecule has 3 aromatic carbocycles. The van der Waals surface area contributed by atoms with E-state index in [-0.39, 0.29) is 11.8 Å². The fourth-order valence-electron chi connectivity index (χ4n) is 3.10. The maximum Gasteiger partial charge on any atom is 0.251 e. The average molecular weight is 386 g/mol. The van der Waals surface area contributed by atoms with E-state index in [2.05, 4.69) is 22.8 Å². The third-order valence-electron chi connectivity index (χ3n) is 4.88. The fourth-order valence-corrected chi connectivity index (χ4v) is 3.10. The molecular weight excluding hydrogens is 360 g/mol. The zero-order chi connectivity index (χ0) is 20.5. The second-order valence-electron chi connectivity index (χ2n) is 7.03. The number of benzene rings is 3. The molecule has 0 saturated carbocycles. The topological polar surface area (TPSA) is 58.2 Å². The van der Waals surface area contributed by atoms with Crippen molar-refractivity contribution in [1.82, 2.24) is 10.6 Å². The van der Waals surface area contributed by atoms with E-state index in [4.69, 9.17) is 0 Å². The van der Waals surface area contributed by atoms with E-state index in [0.29, 0.717) is 24.2 Å². The van der Waals surface area contributed by atoms with Crippen molar-refractivity contribution in [3.8, 4) is 0 Å². The zero-order valence-corrected chi connectivity index (χ0v) is 16.7. The maximum atomic E-state index is 12.3. The van der Waals surface area contributed by atoms with Crippen LogP contribution in [-0.4, -0.2) is 18.4 Å². The van der Waals surface area contributed by atoms with Crippen molar-refractivity contribution in [3.63, 3.8) is 0 Å². The van der Waals surface area contributed by atoms with Gasteiger partial charge in [-0.3, -0.25) is 9.59 Å². The van der Waals surface area contributed by atoms with Crippen LogP contribution in [0, 0.1) is 6.92 Å². The highest BCUT2D eigenvalue weighted by Gasteiger charge is 2.09. The summed E-state index contributed by atoms with van der Waals surface area (Å²) >= 11 is 0. The smallest absolute Gasteiger partial charge is 0.251 e. The van der Waals surface area contributed by atoms with Crippen LogP contribution in [0.15, 0.2) is 78.9 Å². The van der Waals surface area contributed by atoms with Crippen molar-refractivity contribution in [2.45, 2.75) is 26.3 Å². The monoisotopic (exact) mass is 386 g/mol. The van der Waals surface area contributed by atoms with Crippen LogP contribution >= 0.6 is 0 Å². The highest BCUT2D eigenvalue weighted by Crippen LogP contribution is 2.08. The molecule has 2 amide bonds. The second kappa shape index (κ2) is 10.2. The zero-order valence-electron chi connectivity index (χ0n) is 16.7. The molecule has 0 aromatic heterocycles. The molecule has 0 unspecified atom stereocenters. The quantitative estimate of drug-likeness (QED) is 0.568. The lowest BCUT2D eigenvalue weighted by Gasteiger charge is -2.09. The van der Waals surface area contributed by atoms with Gasteiger partial charge >= 0.3 is 0 Å². The summed E-state index contributed by atoms with van der Waals surface area (Å²) in [5.74, 6) is -0.270. The number of carbonyl (C=O) groups is 2. The van der Waals surface area contributed by atoms with Crippen LogP contribution < -0.4 is 10.6 Å². The third kappa shape index (κ3) is 6.04. The van der Waals surface area contributed by atoms with E-state index in [1.165, 1.54) is 5.56 Å². The molecule has 3 aromatic rings. The summed E-state index contributed by atoms with van der Waals surface area (Å²) < 4.78 is 0. The standard InChI is InChI=1S/C25H26N2O2/c1-19-8-5-6-12-23(19)18-27-25(29)22-15-13-21(14-16-22)24(28)26-17-7-11-20-9-3-2-4-10-20/h2-6,8-10,12-16H,7,11,17-18H2,1H3,(H,26,28)(H,27,29). The van der Waals surface area contributed by atoms with Gasteiger partial charge in [-0.15, -0.1) is 0 Å². The van der Waals surface area contributed by atoms with Crippen LogP contribution in [0.5, 0.6) is 0 Å². The molecule has 4 heteroatoms. The van der Waals surface area contributed by atoms with Crippen molar-refractivity contribution >= 4 is 11.8 Å². The van der Waals surface area contributed by atoms with E-state index in [1.807, 2.05) is 49.4 Å². The molecule has 0 aliphatic heterocycles. The van der Waals surface area contributed by atoms with Crippen LogP contribution in [0.3, 0.4) is 0 Å². The van der Waals surface area contributed by atoms with Crippen molar-refractivity contribution in [2.75, 3.05) is 6.54 Å². The van der Waals surface area contributed by atoms with Gasteiger partial charge in [0.05, 0.1) is 0 Å². The van der Waals surface area contributed by atoms with Crippen LogP contribution in [0.2, 0.25) is 0 Å². The molecule has 0 aliphatic rings. The first kappa shape index (κ1) is 20.3. The minimum absolute atomic E-state index is 0.120. The molecule has 0 spiro atoms. The molecular formula is C25H26N2O2. The molecule has 0 saturated heterocycles. The molecule has 0 heterocycles. The van der Waals surface area contributed by atoms with Gasteiger partial charge in [-0.05, 0) is 60.7 Å². The highest BCUT2D eigenvalue weighted by molar-refractivity contribution is 5.97. The number of rotatable bonds is 8. The van der Waals surface area contributed by atoms with E-state index < -0.39 is 0 Å². The lowest BCUT2D eigenvalue weighted by molar-refractivity contribution is 0.0940. The number of hydrogen-bond donors (Lipinski definition) is 2. The summed E-state index contributed by atoms with van der Waals surface area (Å²) in [5, 5.41) is 5.85. The number of carbonyl (C=O) groups excluding carboxylic acids is 2. The Bertz CT molecular complexity index is 950. The number of aryl methyl sites for hydroxylation is 2. The minimum Gasteiger partial charge on any atom is -0.352 e. The Hall–Kier alpha value is -3.40. The molecule has 4 nitrogen and oxygen atoms in total. The fraction of sp³-hybridized carbons (Fsp3) is 0.200. The predicted octanol–water partition coefficient (Wildman–Crippen LogP) is 4.29. The first-order chi connectivity index (χ1) is 14.1. The first-order valence-corrected chi connectivity index (χ1v) is 9.88. The van der Waals surface area contributed by atoms with Crippen LogP contribution in [0.1, 0.15) is 43.8 Å². The van der Waals surface area contributed by atoms with Crippen LogP contribution in [0.25, 0.3) is 0 Å². The molecule has 0 atom stereocenters. The van der Waals surface area contributed by atoms with E-state index in [0.717, 1.165) is 24.0 Å². The normalized spacial score (nSPS) is 10.4. The summed E-state index contributed by atoms with van der Waals surface area (Å²) in [6.45, 7) is 3.12. The molecule has 29 heavy (non-hydrogen) atoms. The Morgan fingerprint density at radius 3 is 1.97 bits per heavy atom. The van der Waals surface area contributed by atoms with Crippen molar-refractivity contribution in [3.05, 3.63) is 107 Å². The summed E-state index contributed by atoms with van der Waals surface area (Å²) in [7, 11) is 0. The van der Waals surface area contributed by atoms with Gasteiger partial charge in [-0.2, -0.15) is 0 Å². The van der Waals surface area contributed by atoms with E-state index in [1.54, 1.807) is 24.3 Å². The van der Waals surface area contributed by atoms with Gasteiger partial charge in [0, 0.05) is 24.2 Å². The maximum absolute atomic E-state index is 12.3. The SMILES string of the molecule is Cc1ccccc1CNC(=O)c1ccc(C(=O)NCCCc2ccccc2)cc1. The minimum atomic E-state index is -0.150. The molecule has 0 aliphatic carbocycles. The van der Waals surface area contributed by atoms with Gasteiger partial charge in [0.2, 0.25) is 0 Å². The van der Waals surface area contributed by atoms with Gasteiger partial charge in [0.15, 0.2) is 0 Å². The second-order valence-corrected chi connectivity index (χ2v) is 7.03. The number of amides is 2. The highest BCUT2D eigenvalue weighted by atomic mass is 16.2. The first-order valence-electron chi connectivity index (χ1n) is 9.88. The predicted molar refractivity (Wildman–Crippen MR) is 116 cm³/mol. The van der Waals surface area contributed by atoms with Crippen LogP contribution in [-0.2, 0) is 13.0 Å². The largest absolute Gasteiger partial charge is 0.352 e. The molecule has 0 fully saturated rings. The Labute approximate surface area is 172 Å². The van der Waals surface area contributed by atoms with Crippen molar-refractivity contribution in [2.24, 2.45) is 0 Å². The van der Waals surface area contributed by atoms with Gasteiger partial charge < -0.3 is 10.6 Å². The molecule has 0 bridgehead atoms. The summed E-state index contributed by atoms with van der Waals surface area (Å²) in [6.07, 6.45) is 1.82. The Morgan fingerprint density at radius 2 is 1.31 bits per heavy atom. The van der Waals surface area contributed by atoms with Gasteiger partial charge in [-0.25, -0.2) is 0 Å². The third-order valence-corrected chi connectivity index (χ3v) is 4.88.